The maximum atomic E-state index is 12.8. The minimum atomic E-state index is -3.54. The van der Waals surface area contributed by atoms with Crippen LogP contribution in [0.2, 0.25) is 0 Å². The van der Waals surface area contributed by atoms with Gasteiger partial charge in [-0.3, -0.25) is 0 Å². The fourth-order valence-corrected chi connectivity index (χ4v) is 4.54. The second-order valence-electron chi connectivity index (χ2n) is 5.36. The van der Waals surface area contributed by atoms with Gasteiger partial charge in [-0.15, -0.1) is 11.6 Å². The summed E-state index contributed by atoms with van der Waals surface area (Å²) in [6, 6.07) is 3.46. The molecule has 114 valence electrons. The Kier molecular flexibility index (Phi) is 6.08. The van der Waals surface area contributed by atoms with Crippen LogP contribution in [0.15, 0.2) is 21.5 Å². The SMILES string of the molecule is Cc1cc(CCl)cc(S(=O)(=O)N(C)C(C)C(C)C)c1Br. The molecule has 0 fully saturated rings. The molecule has 0 spiro atoms. The van der Waals surface area contributed by atoms with Crippen molar-refractivity contribution in [1.82, 2.24) is 4.31 Å². The van der Waals surface area contributed by atoms with Gasteiger partial charge >= 0.3 is 0 Å². The first-order valence-electron chi connectivity index (χ1n) is 6.46. The molecule has 0 amide bonds. The summed E-state index contributed by atoms with van der Waals surface area (Å²) in [7, 11) is -1.92. The fraction of sp³-hybridized carbons (Fsp3) is 0.571. The molecule has 0 bridgehead atoms. The smallest absolute Gasteiger partial charge is 0.207 e. The Bertz CT molecular complexity index is 587. The molecule has 0 saturated heterocycles. The lowest BCUT2D eigenvalue weighted by Gasteiger charge is -2.28. The highest BCUT2D eigenvalue weighted by molar-refractivity contribution is 9.10. The van der Waals surface area contributed by atoms with Gasteiger partial charge in [0.2, 0.25) is 10.0 Å². The topological polar surface area (TPSA) is 37.4 Å². The molecule has 0 saturated carbocycles. The Morgan fingerprint density at radius 1 is 1.30 bits per heavy atom. The third-order valence-electron chi connectivity index (χ3n) is 3.63. The number of nitrogens with zero attached hydrogens (tertiary/aromatic N) is 1. The molecule has 0 radical (unpaired) electrons. The standard InChI is InChI=1S/C14H21BrClNO2S/c1-9(2)11(4)17(5)20(18,19)13-7-12(8-16)6-10(3)14(13)15/h6-7,9,11H,8H2,1-5H3. The average molecular weight is 383 g/mol. The third kappa shape index (κ3) is 3.56. The molecule has 0 aliphatic heterocycles. The van der Waals surface area contributed by atoms with E-state index in [0.29, 0.717) is 10.4 Å². The largest absolute Gasteiger partial charge is 0.244 e. The van der Waals surface area contributed by atoms with E-state index in [9.17, 15) is 8.42 Å². The van der Waals surface area contributed by atoms with E-state index in [1.807, 2.05) is 33.8 Å². The van der Waals surface area contributed by atoms with Crippen molar-refractivity contribution in [2.75, 3.05) is 7.05 Å². The van der Waals surface area contributed by atoms with Crippen molar-refractivity contribution >= 4 is 37.6 Å². The first kappa shape index (κ1) is 18.0. The second-order valence-corrected chi connectivity index (χ2v) is 8.39. The number of alkyl halides is 1. The summed E-state index contributed by atoms with van der Waals surface area (Å²) >= 11 is 9.23. The van der Waals surface area contributed by atoms with E-state index >= 15 is 0 Å². The molecule has 6 heteroatoms. The highest BCUT2D eigenvalue weighted by atomic mass is 79.9. The van der Waals surface area contributed by atoms with Crippen molar-refractivity contribution in [2.45, 2.75) is 44.5 Å². The summed E-state index contributed by atoms with van der Waals surface area (Å²) in [4.78, 5) is 0.281. The molecular formula is C14H21BrClNO2S. The number of halogens is 2. The maximum absolute atomic E-state index is 12.8. The number of hydrogen-bond donors (Lipinski definition) is 0. The highest BCUT2D eigenvalue weighted by Gasteiger charge is 2.29. The first-order valence-corrected chi connectivity index (χ1v) is 9.22. The first-order chi connectivity index (χ1) is 9.12. The molecule has 3 nitrogen and oxygen atoms in total. The average Bonchev–Trinajstić information content (AvgIpc) is 2.39. The van der Waals surface area contributed by atoms with Crippen molar-refractivity contribution < 1.29 is 8.42 Å². The van der Waals surface area contributed by atoms with Crippen LogP contribution in [0.1, 0.15) is 31.9 Å². The predicted octanol–water partition coefficient (Wildman–Crippen LogP) is 4.16. The van der Waals surface area contributed by atoms with Gasteiger partial charge in [-0.2, -0.15) is 4.31 Å². The summed E-state index contributed by atoms with van der Waals surface area (Å²) in [5, 5.41) is 0. The number of aryl methyl sites for hydroxylation is 1. The zero-order valence-electron chi connectivity index (χ0n) is 12.4. The lowest BCUT2D eigenvalue weighted by Crippen LogP contribution is -2.38. The van der Waals surface area contributed by atoms with Crippen molar-refractivity contribution in [2.24, 2.45) is 5.92 Å². The van der Waals surface area contributed by atoms with Gasteiger partial charge in [0.05, 0.1) is 4.90 Å². The minimum absolute atomic E-state index is 0.0770. The zero-order valence-corrected chi connectivity index (χ0v) is 15.6. The zero-order chi connectivity index (χ0) is 15.7. The van der Waals surface area contributed by atoms with Gasteiger partial charge in [0, 0.05) is 23.4 Å². The summed E-state index contributed by atoms with van der Waals surface area (Å²) < 4.78 is 27.6. The van der Waals surface area contributed by atoms with Crippen molar-refractivity contribution in [3.8, 4) is 0 Å². The molecule has 1 aromatic rings. The van der Waals surface area contributed by atoms with E-state index in [1.54, 1.807) is 13.1 Å². The van der Waals surface area contributed by atoms with Gasteiger partial charge in [-0.25, -0.2) is 8.42 Å². The van der Waals surface area contributed by atoms with E-state index in [4.69, 9.17) is 11.6 Å². The molecule has 1 rings (SSSR count). The van der Waals surface area contributed by atoms with Gasteiger partial charge < -0.3 is 0 Å². The van der Waals surface area contributed by atoms with Crippen molar-refractivity contribution in [1.29, 1.82) is 0 Å². The summed E-state index contributed by atoms with van der Waals surface area (Å²) in [6.07, 6.45) is 0. The highest BCUT2D eigenvalue weighted by Crippen LogP contribution is 2.31. The number of sulfonamides is 1. The van der Waals surface area contributed by atoms with E-state index < -0.39 is 10.0 Å². The lowest BCUT2D eigenvalue weighted by atomic mass is 10.1. The number of rotatable bonds is 5. The quantitative estimate of drug-likeness (QED) is 0.717. The van der Waals surface area contributed by atoms with Crippen LogP contribution < -0.4 is 0 Å². The van der Waals surface area contributed by atoms with Crippen molar-refractivity contribution in [3.05, 3.63) is 27.7 Å². The lowest BCUT2D eigenvalue weighted by molar-refractivity contribution is 0.315. The van der Waals surface area contributed by atoms with E-state index in [-0.39, 0.29) is 16.9 Å². The second kappa shape index (κ2) is 6.77. The van der Waals surface area contributed by atoms with E-state index in [2.05, 4.69) is 15.9 Å². The Morgan fingerprint density at radius 2 is 1.85 bits per heavy atom. The summed E-state index contributed by atoms with van der Waals surface area (Å²) in [5.74, 6) is 0.533. The van der Waals surface area contributed by atoms with Gasteiger partial charge in [-0.05, 0) is 52.9 Å². The molecule has 0 aliphatic rings. The van der Waals surface area contributed by atoms with Gasteiger partial charge in [-0.1, -0.05) is 19.9 Å². The van der Waals surface area contributed by atoms with Crippen LogP contribution in [0.3, 0.4) is 0 Å². The van der Waals surface area contributed by atoms with Crippen LogP contribution in [0, 0.1) is 12.8 Å². The molecule has 0 N–H and O–H groups in total. The predicted molar refractivity (Wildman–Crippen MR) is 87.7 cm³/mol. The minimum Gasteiger partial charge on any atom is -0.207 e. The number of hydrogen-bond acceptors (Lipinski definition) is 2. The van der Waals surface area contributed by atoms with Gasteiger partial charge in [0.25, 0.3) is 0 Å². The Labute approximate surface area is 135 Å². The number of benzene rings is 1. The molecule has 20 heavy (non-hydrogen) atoms. The van der Waals surface area contributed by atoms with Crippen LogP contribution in [0.4, 0.5) is 0 Å². The summed E-state index contributed by atoms with van der Waals surface area (Å²) in [6.45, 7) is 7.79. The molecule has 1 aromatic carbocycles. The molecule has 1 unspecified atom stereocenters. The molecular weight excluding hydrogens is 362 g/mol. The monoisotopic (exact) mass is 381 g/mol. The van der Waals surface area contributed by atoms with Crippen molar-refractivity contribution in [3.63, 3.8) is 0 Å². The van der Waals surface area contributed by atoms with Gasteiger partial charge in [0.1, 0.15) is 0 Å². The van der Waals surface area contributed by atoms with Crippen LogP contribution in [-0.4, -0.2) is 25.8 Å². The van der Waals surface area contributed by atoms with Crippen LogP contribution >= 0.6 is 27.5 Å². The molecule has 0 aromatic heterocycles. The van der Waals surface area contributed by atoms with Crippen LogP contribution in [-0.2, 0) is 15.9 Å². The van der Waals surface area contributed by atoms with Gasteiger partial charge in [0.15, 0.2) is 0 Å². The Morgan fingerprint density at radius 3 is 2.30 bits per heavy atom. The van der Waals surface area contributed by atoms with Crippen LogP contribution in [0.25, 0.3) is 0 Å². The maximum Gasteiger partial charge on any atom is 0.244 e. The van der Waals surface area contributed by atoms with E-state index in [1.165, 1.54) is 4.31 Å². The normalized spacial score (nSPS) is 14.1. The van der Waals surface area contributed by atoms with E-state index in [0.717, 1.165) is 11.1 Å². The fourth-order valence-electron chi connectivity index (χ4n) is 1.87. The Balaban J connectivity index is 3.39. The molecule has 0 heterocycles. The third-order valence-corrected chi connectivity index (χ3v) is 7.22. The molecule has 1 atom stereocenters. The molecule has 0 aliphatic carbocycles. The Hall–Kier alpha value is -0.100. The summed E-state index contributed by atoms with van der Waals surface area (Å²) in [5.41, 5.74) is 1.67. The van der Waals surface area contributed by atoms with Crippen LogP contribution in [0.5, 0.6) is 0 Å².